The Morgan fingerprint density at radius 1 is 1.04 bits per heavy atom. The summed E-state index contributed by atoms with van der Waals surface area (Å²) in [7, 11) is 0. The first-order chi connectivity index (χ1) is 12.1. The minimum absolute atomic E-state index is 0.0434. The monoisotopic (exact) mass is 343 g/mol. The number of likely N-dealkylation sites (tertiary alicyclic amines) is 1. The molecule has 2 aliphatic rings. The molecule has 0 spiro atoms. The third-order valence-corrected chi connectivity index (χ3v) is 4.49. The third-order valence-electron chi connectivity index (χ3n) is 4.49. The van der Waals surface area contributed by atoms with Crippen molar-refractivity contribution < 1.29 is 28.6 Å². The Hall–Kier alpha value is -2.96. The van der Waals surface area contributed by atoms with Gasteiger partial charge in [0.05, 0.1) is 6.04 Å². The van der Waals surface area contributed by atoms with Gasteiger partial charge in [-0.1, -0.05) is 6.07 Å². The Labute approximate surface area is 143 Å². The number of fused-ring (bicyclic) bond motifs is 1. The number of hydrogen-bond acceptors (Lipinski definition) is 5. The highest BCUT2D eigenvalue weighted by Crippen LogP contribution is 2.38. The average Bonchev–Trinajstić information content (AvgIpc) is 3.30. The van der Waals surface area contributed by atoms with Crippen LogP contribution in [0.4, 0.5) is 0 Å². The molecule has 2 aromatic rings. The number of furan rings is 1. The van der Waals surface area contributed by atoms with Crippen LogP contribution in [0.5, 0.6) is 11.5 Å². The van der Waals surface area contributed by atoms with E-state index in [1.54, 1.807) is 4.90 Å². The quantitative estimate of drug-likeness (QED) is 0.922. The van der Waals surface area contributed by atoms with Gasteiger partial charge in [-0.2, -0.15) is 0 Å². The average molecular weight is 343 g/mol. The highest BCUT2D eigenvalue weighted by Gasteiger charge is 2.33. The minimum Gasteiger partial charge on any atom is -0.486 e. The zero-order valence-corrected chi connectivity index (χ0v) is 13.4. The smallest absolute Gasteiger partial charge is 0.371 e. The van der Waals surface area contributed by atoms with Gasteiger partial charge in [0.1, 0.15) is 13.2 Å². The van der Waals surface area contributed by atoms with Gasteiger partial charge in [0.2, 0.25) is 5.76 Å². The van der Waals surface area contributed by atoms with Crippen molar-refractivity contribution in [1.82, 2.24) is 4.90 Å². The fourth-order valence-electron chi connectivity index (χ4n) is 3.33. The molecule has 0 unspecified atom stereocenters. The SMILES string of the molecule is O=C(O)c1ccc(C(=O)N2CCC[C@@H]2c2ccc3c(c2)OCCO3)o1. The number of aromatic carboxylic acids is 1. The molecule has 0 saturated carbocycles. The van der Waals surface area contributed by atoms with E-state index in [-0.39, 0.29) is 23.5 Å². The number of carboxylic acids is 1. The second kappa shape index (κ2) is 6.16. The maximum Gasteiger partial charge on any atom is 0.371 e. The molecule has 0 bridgehead atoms. The maximum absolute atomic E-state index is 12.7. The standard InChI is InChI=1S/C18H17NO6/c20-17(14-5-6-15(25-14)18(21)22)19-7-1-2-12(19)11-3-4-13-16(10-11)24-9-8-23-13/h3-6,10,12H,1-2,7-9H2,(H,21,22)/t12-/m1/s1. The Morgan fingerprint density at radius 2 is 1.80 bits per heavy atom. The lowest BCUT2D eigenvalue weighted by Crippen LogP contribution is -2.30. The number of amides is 1. The molecule has 7 heteroatoms. The van der Waals surface area contributed by atoms with Crippen molar-refractivity contribution >= 4 is 11.9 Å². The van der Waals surface area contributed by atoms with E-state index in [2.05, 4.69) is 0 Å². The van der Waals surface area contributed by atoms with Crippen LogP contribution < -0.4 is 9.47 Å². The van der Waals surface area contributed by atoms with Crippen LogP contribution in [0.3, 0.4) is 0 Å². The fourth-order valence-corrected chi connectivity index (χ4v) is 3.33. The zero-order valence-electron chi connectivity index (χ0n) is 13.4. The molecule has 0 radical (unpaired) electrons. The predicted octanol–water partition coefficient (Wildman–Crippen LogP) is 2.73. The Kier molecular flexibility index (Phi) is 3.83. The number of rotatable bonds is 3. The summed E-state index contributed by atoms with van der Waals surface area (Å²) in [6.07, 6.45) is 1.70. The van der Waals surface area contributed by atoms with Crippen molar-refractivity contribution in [3.05, 3.63) is 47.4 Å². The lowest BCUT2D eigenvalue weighted by Gasteiger charge is -2.26. The van der Waals surface area contributed by atoms with Gasteiger partial charge in [0, 0.05) is 6.54 Å². The van der Waals surface area contributed by atoms with E-state index in [0.29, 0.717) is 31.3 Å². The van der Waals surface area contributed by atoms with Crippen molar-refractivity contribution in [3.8, 4) is 11.5 Å². The molecule has 1 saturated heterocycles. The van der Waals surface area contributed by atoms with Crippen molar-refractivity contribution in [2.45, 2.75) is 18.9 Å². The first-order valence-corrected chi connectivity index (χ1v) is 8.17. The molecule has 1 atom stereocenters. The summed E-state index contributed by atoms with van der Waals surface area (Å²) in [5.41, 5.74) is 0.972. The number of nitrogens with zero attached hydrogens (tertiary/aromatic N) is 1. The molecule has 3 heterocycles. The van der Waals surface area contributed by atoms with E-state index < -0.39 is 5.97 Å². The minimum atomic E-state index is -1.19. The molecule has 1 aromatic carbocycles. The molecule has 2 aliphatic heterocycles. The molecule has 1 amide bonds. The van der Waals surface area contributed by atoms with Gasteiger partial charge < -0.3 is 23.9 Å². The van der Waals surface area contributed by atoms with E-state index in [4.69, 9.17) is 19.0 Å². The molecule has 1 N–H and O–H groups in total. The molecule has 25 heavy (non-hydrogen) atoms. The highest BCUT2D eigenvalue weighted by molar-refractivity contribution is 5.94. The van der Waals surface area contributed by atoms with Crippen molar-refractivity contribution in [2.24, 2.45) is 0 Å². The number of carbonyl (C=O) groups is 2. The first-order valence-electron chi connectivity index (χ1n) is 8.17. The van der Waals surface area contributed by atoms with Crippen molar-refractivity contribution in [1.29, 1.82) is 0 Å². The van der Waals surface area contributed by atoms with Gasteiger partial charge >= 0.3 is 5.97 Å². The Balaban J connectivity index is 1.59. The van der Waals surface area contributed by atoms with Crippen molar-refractivity contribution in [3.63, 3.8) is 0 Å². The van der Waals surface area contributed by atoms with Gasteiger partial charge in [-0.3, -0.25) is 4.79 Å². The summed E-state index contributed by atoms with van der Waals surface area (Å²) < 4.78 is 16.3. The van der Waals surface area contributed by atoms with E-state index in [1.165, 1.54) is 12.1 Å². The molecule has 0 aliphatic carbocycles. The normalized spacial score (nSPS) is 19.0. The summed E-state index contributed by atoms with van der Waals surface area (Å²) in [6, 6.07) is 8.32. The first kappa shape index (κ1) is 15.6. The van der Waals surface area contributed by atoms with Crippen LogP contribution >= 0.6 is 0 Å². The second-order valence-electron chi connectivity index (χ2n) is 6.03. The number of carbonyl (C=O) groups excluding carboxylic acids is 1. The molecule has 1 fully saturated rings. The largest absolute Gasteiger partial charge is 0.486 e. The number of carboxylic acid groups (broad SMARTS) is 1. The molecule has 4 rings (SSSR count). The van der Waals surface area contributed by atoms with Crippen LogP contribution in [0.2, 0.25) is 0 Å². The summed E-state index contributed by atoms with van der Waals surface area (Å²) in [5, 5.41) is 8.94. The third kappa shape index (κ3) is 2.82. The van der Waals surface area contributed by atoms with E-state index in [0.717, 1.165) is 18.4 Å². The van der Waals surface area contributed by atoms with Crippen LogP contribution in [0.1, 0.15) is 45.6 Å². The van der Waals surface area contributed by atoms with Gasteiger partial charge in [-0.15, -0.1) is 0 Å². The van der Waals surface area contributed by atoms with Gasteiger partial charge in [-0.05, 0) is 42.7 Å². The fraction of sp³-hybridized carbons (Fsp3) is 0.333. The van der Waals surface area contributed by atoms with E-state index in [1.807, 2.05) is 18.2 Å². The maximum atomic E-state index is 12.7. The zero-order chi connectivity index (χ0) is 17.4. The molecule has 1 aromatic heterocycles. The molecular weight excluding hydrogens is 326 g/mol. The summed E-state index contributed by atoms with van der Waals surface area (Å²) >= 11 is 0. The van der Waals surface area contributed by atoms with Crippen LogP contribution in [0, 0.1) is 0 Å². The van der Waals surface area contributed by atoms with Crippen LogP contribution in [0.25, 0.3) is 0 Å². The van der Waals surface area contributed by atoms with Crippen LogP contribution in [-0.4, -0.2) is 41.6 Å². The Bertz CT molecular complexity index is 827. The second-order valence-corrected chi connectivity index (χ2v) is 6.03. The lowest BCUT2D eigenvalue weighted by molar-refractivity contribution is 0.0645. The highest BCUT2D eigenvalue weighted by atomic mass is 16.6. The molecule has 130 valence electrons. The van der Waals surface area contributed by atoms with Crippen LogP contribution in [0.15, 0.2) is 34.7 Å². The summed E-state index contributed by atoms with van der Waals surface area (Å²) in [5.74, 6) is -0.286. The number of ether oxygens (including phenoxy) is 2. The molecular formula is C18H17NO6. The number of hydrogen-bond donors (Lipinski definition) is 1. The lowest BCUT2D eigenvalue weighted by atomic mass is 10.0. The Morgan fingerprint density at radius 3 is 2.56 bits per heavy atom. The summed E-state index contributed by atoms with van der Waals surface area (Å²) in [4.78, 5) is 25.4. The van der Waals surface area contributed by atoms with Gasteiger partial charge in [0.25, 0.3) is 5.91 Å². The van der Waals surface area contributed by atoms with Crippen molar-refractivity contribution in [2.75, 3.05) is 19.8 Å². The van der Waals surface area contributed by atoms with Gasteiger partial charge in [-0.25, -0.2) is 4.79 Å². The topological polar surface area (TPSA) is 89.2 Å². The van der Waals surface area contributed by atoms with Crippen LogP contribution in [-0.2, 0) is 0 Å². The van der Waals surface area contributed by atoms with E-state index in [9.17, 15) is 9.59 Å². The predicted molar refractivity (Wildman–Crippen MR) is 86.1 cm³/mol. The molecule has 7 nitrogen and oxygen atoms in total. The van der Waals surface area contributed by atoms with E-state index >= 15 is 0 Å². The van der Waals surface area contributed by atoms with Gasteiger partial charge in [0.15, 0.2) is 17.3 Å². The summed E-state index contributed by atoms with van der Waals surface area (Å²) in [6.45, 7) is 1.64. The number of benzene rings is 1.